The summed E-state index contributed by atoms with van der Waals surface area (Å²) >= 11 is 0. The molecule has 0 aliphatic carbocycles. The van der Waals surface area contributed by atoms with Crippen LogP contribution in [-0.2, 0) is 9.47 Å². The van der Waals surface area contributed by atoms with E-state index in [9.17, 15) is 13.9 Å². The van der Waals surface area contributed by atoms with Crippen molar-refractivity contribution in [2.24, 2.45) is 0 Å². The first-order valence-electron chi connectivity index (χ1n) is 6.60. The van der Waals surface area contributed by atoms with Crippen molar-refractivity contribution < 1.29 is 28.1 Å². The lowest BCUT2D eigenvalue weighted by molar-refractivity contribution is -0.0661. The normalized spacial score (nSPS) is 17.9. The van der Waals surface area contributed by atoms with E-state index in [1.165, 1.54) is 6.07 Å². The Morgan fingerprint density at radius 2 is 2.00 bits per heavy atom. The minimum Gasteiger partial charge on any atom is -0.488 e. The number of ether oxygens (including phenoxy) is 3. The highest BCUT2D eigenvalue weighted by Crippen LogP contribution is 2.18. The quantitative estimate of drug-likeness (QED) is 0.868. The molecule has 1 saturated heterocycles. The third-order valence-corrected chi connectivity index (χ3v) is 3.02. The summed E-state index contributed by atoms with van der Waals surface area (Å²) in [5.41, 5.74) is 0. The van der Waals surface area contributed by atoms with Crippen molar-refractivity contribution >= 4 is 0 Å². The third kappa shape index (κ3) is 4.70. The molecule has 2 rings (SSSR count). The first-order valence-corrected chi connectivity index (χ1v) is 6.60. The number of hydrogen-bond donors (Lipinski definition) is 1. The zero-order valence-corrected chi connectivity index (χ0v) is 11.1. The molecular formula is C14H18F2O4. The lowest BCUT2D eigenvalue weighted by Crippen LogP contribution is -2.30. The van der Waals surface area contributed by atoms with Gasteiger partial charge in [-0.05, 0) is 25.0 Å². The number of hydrogen-bond acceptors (Lipinski definition) is 4. The van der Waals surface area contributed by atoms with Gasteiger partial charge in [-0.15, -0.1) is 0 Å². The van der Waals surface area contributed by atoms with E-state index >= 15 is 0 Å². The Balaban J connectivity index is 1.70. The maximum Gasteiger partial charge on any atom is 0.167 e. The Kier molecular flexibility index (Phi) is 5.70. The molecule has 1 aromatic rings. The van der Waals surface area contributed by atoms with Crippen LogP contribution in [0.15, 0.2) is 18.2 Å². The maximum absolute atomic E-state index is 13.3. The molecule has 1 aliphatic heterocycles. The number of rotatable bonds is 6. The van der Waals surface area contributed by atoms with Gasteiger partial charge in [0.15, 0.2) is 11.6 Å². The second-order valence-corrected chi connectivity index (χ2v) is 4.68. The van der Waals surface area contributed by atoms with Crippen LogP contribution in [0.1, 0.15) is 12.8 Å². The van der Waals surface area contributed by atoms with Gasteiger partial charge in [-0.3, -0.25) is 0 Å². The lowest BCUT2D eigenvalue weighted by atomic mass is 10.1. The topological polar surface area (TPSA) is 47.9 Å². The molecule has 20 heavy (non-hydrogen) atoms. The average Bonchev–Trinajstić information content (AvgIpc) is 2.45. The molecule has 0 spiro atoms. The molecule has 112 valence electrons. The minimum atomic E-state index is -0.859. The summed E-state index contributed by atoms with van der Waals surface area (Å²) in [6, 6.07) is 3.03. The van der Waals surface area contributed by atoms with E-state index in [1.54, 1.807) is 0 Å². The number of aliphatic hydroxyl groups excluding tert-OH is 1. The lowest BCUT2D eigenvalue weighted by Gasteiger charge is -2.23. The summed E-state index contributed by atoms with van der Waals surface area (Å²) in [4.78, 5) is 0. The summed E-state index contributed by atoms with van der Waals surface area (Å²) in [7, 11) is 0. The molecule has 0 amide bonds. The van der Waals surface area contributed by atoms with Crippen molar-refractivity contribution in [2.45, 2.75) is 25.0 Å². The van der Waals surface area contributed by atoms with Crippen molar-refractivity contribution in [3.05, 3.63) is 29.8 Å². The standard InChI is InChI=1S/C14H18F2O4/c15-10-1-2-14(13(16)7-10)20-9-11(17)8-19-12-3-5-18-6-4-12/h1-2,7,11-12,17H,3-6,8-9H2. The fraction of sp³-hybridized carbons (Fsp3) is 0.571. The van der Waals surface area contributed by atoms with Gasteiger partial charge in [0, 0.05) is 19.3 Å². The monoisotopic (exact) mass is 288 g/mol. The summed E-state index contributed by atoms with van der Waals surface area (Å²) in [5.74, 6) is -1.54. The minimum absolute atomic E-state index is 0.0842. The molecule has 0 bridgehead atoms. The van der Waals surface area contributed by atoms with Gasteiger partial charge in [0.25, 0.3) is 0 Å². The van der Waals surface area contributed by atoms with Gasteiger partial charge >= 0.3 is 0 Å². The molecule has 0 radical (unpaired) electrons. The predicted octanol–water partition coefficient (Wildman–Crippen LogP) is 1.90. The van der Waals surface area contributed by atoms with Gasteiger partial charge in [0.1, 0.15) is 18.5 Å². The van der Waals surface area contributed by atoms with Gasteiger partial charge in [0.2, 0.25) is 0 Å². The zero-order chi connectivity index (χ0) is 14.4. The highest BCUT2D eigenvalue weighted by molar-refractivity contribution is 5.24. The Morgan fingerprint density at radius 3 is 2.70 bits per heavy atom. The van der Waals surface area contributed by atoms with Crippen molar-refractivity contribution in [1.29, 1.82) is 0 Å². The molecule has 1 N–H and O–H groups in total. The maximum atomic E-state index is 13.3. The predicted molar refractivity (Wildman–Crippen MR) is 67.7 cm³/mol. The average molecular weight is 288 g/mol. The first-order chi connectivity index (χ1) is 9.65. The highest BCUT2D eigenvalue weighted by Gasteiger charge is 2.16. The zero-order valence-electron chi connectivity index (χ0n) is 11.1. The van der Waals surface area contributed by atoms with Gasteiger partial charge < -0.3 is 19.3 Å². The van der Waals surface area contributed by atoms with E-state index in [-0.39, 0.29) is 25.1 Å². The Labute approximate surface area is 116 Å². The molecule has 0 saturated carbocycles. The number of aliphatic hydroxyl groups is 1. The van der Waals surface area contributed by atoms with Crippen LogP contribution >= 0.6 is 0 Å². The van der Waals surface area contributed by atoms with Crippen LogP contribution < -0.4 is 4.74 Å². The largest absolute Gasteiger partial charge is 0.488 e. The van der Waals surface area contributed by atoms with Crippen LogP contribution in [-0.4, -0.2) is 43.7 Å². The van der Waals surface area contributed by atoms with Gasteiger partial charge in [-0.25, -0.2) is 8.78 Å². The summed E-state index contributed by atoms with van der Waals surface area (Å²) in [5, 5.41) is 9.71. The molecule has 1 aromatic carbocycles. The summed E-state index contributed by atoms with van der Waals surface area (Å²) in [6.45, 7) is 1.34. The van der Waals surface area contributed by atoms with Crippen molar-refractivity contribution in [3.8, 4) is 5.75 Å². The smallest absolute Gasteiger partial charge is 0.167 e. The Hall–Kier alpha value is -1.24. The molecule has 1 fully saturated rings. The summed E-state index contributed by atoms with van der Waals surface area (Å²) < 4.78 is 41.8. The molecule has 6 heteroatoms. The number of benzene rings is 1. The Bertz CT molecular complexity index is 422. The van der Waals surface area contributed by atoms with Crippen LogP contribution in [0, 0.1) is 11.6 Å². The van der Waals surface area contributed by atoms with Crippen LogP contribution in [0.3, 0.4) is 0 Å². The van der Waals surface area contributed by atoms with Crippen LogP contribution in [0.2, 0.25) is 0 Å². The summed E-state index contributed by atoms with van der Waals surface area (Å²) in [6.07, 6.45) is 0.837. The van der Waals surface area contributed by atoms with Crippen molar-refractivity contribution in [2.75, 3.05) is 26.4 Å². The molecule has 0 aromatic heterocycles. The van der Waals surface area contributed by atoms with Gasteiger partial charge in [-0.2, -0.15) is 0 Å². The van der Waals surface area contributed by atoms with Crippen LogP contribution in [0.4, 0.5) is 8.78 Å². The fourth-order valence-electron chi connectivity index (χ4n) is 1.92. The molecule has 1 heterocycles. The number of halogens is 2. The SMILES string of the molecule is OC(COc1ccc(F)cc1F)COC1CCOCC1. The molecule has 1 unspecified atom stereocenters. The van der Waals surface area contributed by atoms with E-state index in [0.717, 1.165) is 25.0 Å². The van der Waals surface area contributed by atoms with E-state index in [2.05, 4.69) is 0 Å². The van der Waals surface area contributed by atoms with E-state index in [4.69, 9.17) is 14.2 Å². The molecule has 1 aliphatic rings. The highest BCUT2D eigenvalue weighted by atomic mass is 19.1. The second kappa shape index (κ2) is 7.52. The van der Waals surface area contributed by atoms with E-state index < -0.39 is 17.7 Å². The van der Waals surface area contributed by atoms with E-state index in [0.29, 0.717) is 13.2 Å². The van der Waals surface area contributed by atoms with Crippen LogP contribution in [0.25, 0.3) is 0 Å². The molecule has 1 atom stereocenters. The molecule has 4 nitrogen and oxygen atoms in total. The van der Waals surface area contributed by atoms with Crippen LogP contribution in [0.5, 0.6) is 5.75 Å². The van der Waals surface area contributed by atoms with Crippen molar-refractivity contribution in [3.63, 3.8) is 0 Å². The molecular weight excluding hydrogens is 270 g/mol. The van der Waals surface area contributed by atoms with Crippen molar-refractivity contribution in [1.82, 2.24) is 0 Å². The first kappa shape index (κ1) is 15.2. The van der Waals surface area contributed by atoms with Gasteiger partial charge in [-0.1, -0.05) is 0 Å². The second-order valence-electron chi connectivity index (χ2n) is 4.68. The third-order valence-electron chi connectivity index (χ3n) is 3.02. The van der Waals surface area contributed by atoms with Gasteiger partial charge in [0.05, 0.1) is 12.7 Å². The fourth-order valence-corrected chi connectivity index (χ4v) is 1.92. The Morgan fingerprint density at radius 1 is 1.25 bits per heavy atom. The van der Waals surface area contributed by atoms with E-state index in [1.807, 2.05) is 0 Å².